The number of aliphatic hydroxyl groups is 1. The van der Waals surface area contributed by atoms with Gasteiger partial charge in [0, 0.05) is 18.8 Å². The molecule has 0 saturated heterocycles. The van der Waals surface area contributed by atoms with Gasteiger partial charge in [-0.25, -0.2) is 0 Å². The number of β-amino-alcohol motifs (C(OH)–C–C–N with tert-alkyl or cyclic N) is 1. The van der Waals surface area contributed by atoms with Crippen molar-refractivity contribution in [2.45, 2.75) is 32.8 Å². The third-order valence-electron chi connectivity index (χ3n) is 3.13. The summed E-state index contributed by atoms with van der Waals surface area (Å²) in [5, 5.41) is 9.67. The van der Waals surface area contributed by atoms with Crippen molar-refractivity contribution in [1.29, 1.82) is 0 Å². The molecule has 0 spiro atoms. The Labute approximate surface area is 91.5 Å². The highest BCUT2D eigenvalue weighted by atomic mass is 16.3. The smallest absolute Gasteiger partial charge is 0.0712 e. The molecule has 0 unspecified atom stereocenters. The summed E-state index contributed by atoms with van der Waals surface area (Å²) in [5.41, 5.74) is 4.04. The van der Waals surface area contributed by atoms with E-state index in [2.05, 4.69) is 30.0 Å². The molecular formula is C13H19NO. The maximum Gasteiger partial charge on any atom is 0.0712 e. The maximum atomic E-state index is 9.67. The Bertz CT molecular complexity index is 348. The molecule has 1 atom stereocenters. The van der Waals surface area contributed by atoms with Gasteiger partial charge in [-0.15, -0.1) is 0 Å². The van der Waals surface area contributed by atoms with Crippen LogP contribution < -0.4 is 4.90 Å². The molecule has 0 fully saturated rings. The zero-order valence-electron chi connectivity index (χ0n) is 9.53. The third-order valence-corrected chi connectivity index (χ3v) is 3.13. The molecule has 0 saturated carbocycles. The van der Waals surface area contributed by atoms with Gasteiger partial charge in [-0.1, -0.05) is 19.1 Å². The van der Waals surface area contributed by atoms with Gasteiger partial charge in [-0.05, 0) is 37.0 Å². The summed E-state index contributed by atoms with van der Waals surface area (Å²) < 4.78 is 0. The monoisotopic (exact) mass is 205 g/mol. The van der Waals surface area contributed by atoms with Crippen LogP contribution in [0.15, 0.2) is 18.2 Å². The van der Waals surface area contributed by atoms with E-state index in [-0.39, 0.29) is 6.10 Å². The minimum atomic E-state index is -0.198. The van der Waals surface area contributed by atoms with E-state index in [1.54, 1.807) is 0 Å². The summed E-state index contributed by atoms with van der Waals surface area (Å²) in [6.07, 6.45) is 1.75. The van der Waals surface area contributed by atoms with Gasteiger partial charge in [0.15, 0.2) is 0 Å². The van der Waals surface area contributed by atoms with Gasteiger partial charge in [-0.2, -0.15) is 0 Å². The molecule has 2 heteroatoms. The number of hydrogen-bond acceptors (Lipinski definition) is 2. The van der Waals surface area contributed by atoms with E-state index >= 15 is 0 Å². The van der Waals surface area contributed by atoms with Gasteiger partial charge < -0.3 is 10.0 Å². The van der Waals surface area contributed by atoms with Crippen LogP contribution in [0.5, 0.6) is 0 Å². The van der Waals surface area contributed by atoms with E-state index in [1.165, 1.54) is 16.8 Å². The number of benzene rings is 1. The minimum Gasteiger partial charge on any atom is -0.391 e. The van der Waals surface area contributed by atoms with Crippen molar-refractivity contribution in [3.63, 3.8) is 0 Å². The van der Waals surface area contributed by atoms with Crippen LogP contribution in [0.25, 0.3) is 0 Å². The molecule has 0 radical (unpaired) electrons. The summed E-state index contributed by atoms with van der Waals surface area (Å²) in [6, 6.07) is 6.60. The molecule has 0 bridgehead atoms. The fraction of sp³-hybridized carbons (Fsp3) is 0.538. The normalized spacial score (nSPS) is 16.6. The molecule has 2 nitrogen and oxygen atoms in total. The summed E-state index contributed by atoms with van der Waals surface area (Å²) in [5.74, 6) is 0. The Morgan fingerprint density at radius 2 is 2.27 bits per heavy atom. The highest BCUT2D eigenvalue weighted by Gasteiger charge is 2.20. The Morgan fingerprint density at radius 1 is 1.47 bits per heavy atom. The van der Waals surface area contributed by atoms with Crippen molar-refractivity contribution < 1.29 is 5.11 Å². The van der Waals surface area contributed by atoms with E-state index in [4.69, 9.17) is 0 Å². The van der Waals surface area contributed by atoms with E-state index < -0.39 is 0 Å². The SMILES string of the molecule is CC[C@@H](O)CN1CCc2ccc(C)cc21. The van der Waals surface area contributed by atoms with Crippen LogP contribution in [0.2, 0.25) is 0 Å². The quantitative estimate of drug-likeness (QED) is 0.817. The molecule has 0 amide bonds. The molecule has 1 aliphatic rings. The molecule has 1 N–H and O–H groups in total. The van der Waals surface area contributed by atoms with Gasteiger partial charge in [0.05, 0.1) is 6.10 Å². The number of hydrogen-bond donors (Lipinski definition) is 1. The number of nitrogens with zero attached hydrogens (tertiary/aromatic N) is 1. The van der Waals surface area contributed by atoms with Crippen molar-refractivity contribution in [2.75, 3.05) is 18.0 Å². The summed E-state index contributed by atoms with van der Waals surface area (Å²) >= 11 is 0. The number of aliphatic hydroxyl groups excluding tert-OH is 1. The Morgan fingerprint density at radius 3 is 3.00 bits per heavy atom. The molecule has 1 aromatic carbocycles. The van der Waals surface area contributed by atoms with Crippen molar-refractivity contribution in [3.8, 4) is 0 Å². The first-order chi connectivity index (χ1) is 7.20. The molecule has 1 aliphatic heterocycles. The first kappa shape index (κ1) is 10.5. The lowest BCUT2D eigenvalue weighted by Crippen LogP contribution is -2.30. The van der Waals surface area contributed by atoms with Crippen molar-refractivity contribution >= 4 is 5.69 Å². The second kappa shape index (κ2) is 4.23. The van der Waals surface area contributed by atoms with E-state index in [0.29, 0.717) is 0 Å². The van der Waals surface area contributed by atoms with Crippen LogP contribution >= 0.6 is 0 Å². The highest BCUT2D eigenvalue weighted by Crippen LogP contribution is 2.28. The van der Waals surface area contributed by atoms with Gasteiger partial charge in [0.2, 0.25) is 0 Å². The molecule has 1 heterocycles. The molecular weight excluding hydrogens is 186 g/mol. The standard InChI is InChI=1S/C13H19NO/c1-3-12(15)9-14-7-6-11-5-4-10(2)8-13(11)14/h4-5,8,12,15H,3,6-7,9H2,1-2H3/t12-/m1/s1. The maximum absolute atomic E-state index is 9.67. The minimum absolute atomic E-state index is 0.198. The van der Waals surface area contributed by atoms with Crippen LogP contribution in [-0.2, 0) is 6.42 Å². The van der Waals surface area contributed by atoms with Gasteiger partial charge in [0.25, 0.3) is 0 Å². The lowest BCUT2D eigenvalue weighted by atomic mass is 10.1. The number of rotatable bonds is 3. The van der Waals surface area contributed by atoms with Crippen LogP contribution in [0, 0.1) is 6.92 Å². The Balaban J connectivity index is 2.16. The van der Waals surface area contributed by atoms with Gasteiger partial charge in [0.1, 0.15) is 0 Å². The van der Waals surface area contributed by atoms with Crippen LogP contribution in [-0.4, -0.2) is 24.3 Å². The van der Waals surface area contributed by atoms with Gasteiger partial charge in [-0.3, -0.25) is 0 Å². The summed E-state index contributed by atoms with van der Waals surface area (Å²) in [6.45, 7) is 5.97. The zero-order valence-corrected chi connectivity index (χ0v) is 9.53. The molecule has 15 heavy (non-hydrogen) atoms. The topological polar surface area (TPSA) is 23.5 Å². The summed E-state index contributed by atoms with van der Waals surface area (Å²) in [4.78, 5) is 2.30. The average Bonchev–Trinajstić information content (AvgIpc) is 2.61. The lowest BCUT2D eigenvalue weighted by molar-refractivity contribution is 0.176. The molecule has 0 aliphatic carbocycles. The second-order valence-corrected chi connectivity index (χ2v) is 4.39. The fourth-order valence-corrected chi connectivity index (χ4v) is 2.13. The third kappa shape index (κ3) is 2.15. The Kier molecular flexibility index (Phi) is 2.96. The number of aryl methyl sites for hydroxylation is 1. The van der Waals surface area contributed by atoms with E-state index in [1.807, 2.05) is 6.92 Å². The average molecular weight is 205 g/mol. The van der Waals surface area contributed by atoms with Crippen LogP contribution in [0.3, 0.4) is 0 Å². The Hall–Kier alpha value is -1.02. The largest absolute Gasteiger partial charge is 0.391 e. The zero-order chi connectivity index (χ0) is 10.8. The van der Waals surface area contributed by atoms with E-state index in [9.17, 15) is 5.11 Å². The molecule has 1 aromatic rings. The molecule has 82 valence electrons. The van der Waals surface area contributed by atoms with E-state index in [0.717, 1.165) is 25.9 Å². The predicted molar refractivity (Wildman–Crippen MR) is 63.4 cm³/mol. The lowest BCUT2D eigenvalue weighted by Gasteiger charge is -2.22. The first-order valence-corrected chi connectivity index (χ1v) is 5.73. The fourth-order valence-electron chi connectivity index (χ4n) is 2.13. The van der Waals surface area contributed by atoms with Crippen molar-refractivity contribution in [2.24, 2.45) is 0 Å². The van der Waals surface area contributed by atoms with Crippen LogP contribution in [0.4, 0.5) is 5.69 Å². The predicted octanol–water partition coefficient (Wildman–Crippen LogP) is 2.13. The van der Waals surface area contributed by atoms with Gasteiger partial charge >= 0.3 is 0 Å². The number of anilines is 1. The highest BCUT2D eigenvalue weighted by molar-refractivity contribution is 5.59. The first-order valence-electron chi connectivity index (χ1n) is 5.73. The second-order valence-electron chi connectivity index (χ2n) is 4.39. The molecule has 2 rings (SSSR count). The number of fused-ring (bicyclic) bond motifs is 1. The molecule has 0 aromatic heterocycles. The van der Waals surface area contributed by atoms with Crippen molar-refractivity contribution in [1.82, 2.24) is 0 Å². The summed E-state index contributed by atoms with van der Waals surface area (Å²) in [7, 11) is 0. The van der Waals surface area contributed by atoms with Crippen LogP contribution in [0.1, 0.15) is 24.5 Å². The van der Waals surface area contributed by atoms with Crippen molar-refractivity contribution in [3.05, 3.63) is 29.3 Å².